The summed E-state index contributed by atoms with van der Waals surface area (Å²) in [4.78, 5) is 48.7. The summed E-state index contributed by atoms with van der Waals surface area (Å²) in [7, 11) is 0. The number of nitrogens with zero attached hydrogens (tertiary/aromatic N) is 2. The Morgan fingerprint density at radius 3 is 2.06 bits per heavy atom. The van der Waals surface area contributed by atoms with Gasteiger partial charge in [-0.15, -0.1) is 0 Å². The zero-order chi connectivity index (χ0) is 25.2. The second kappa shape index (κ2) is 12.8. The number of carboxylic acids is 1. The molecule has 0 radical (unpaired) electrons. The number of nitrogens with one attached hydrogen (secondary N) is 2. The molecule has 2 rings (SSSR count). The molecule has 1 fully saturated rings. The smallest absolute Gasteiger partial charge is 0.475 e. The van der Waals surface area contributed by atoms with E-state index >= 15 is 0 Å². The molecule has 1 aliphatic heterocycles. The van der Waals surface area contributed by atoms with Crippen molar-refractivity contribution in [1.29, 1.82) is 0 Å². The Kier molecular flexibility index (Phi) is 10.8. The highest BCUT2D eigenvalue weighted by molar-refractivity contribution is 5.96. The third-order valence-electron chi connectivity index (χ3n) is 4.62. The van der Waals surface area contributed by atoms with E-state index in [2.05, 4.69) is 10.6 Å². The molecule has 0 saturated carbocycles. The number of alkyl halides is 3. The van der Waals surface area contributed by atoms with Gasteiger partial charge in [0, 0.05) is 63.4 Å². The molecule has 1 heterocycles. The van der Waals surface area contributed by atoms with Crippen LogP contribution in [0.1, 0.15) is 37.6 Å². The Labute approximate surface area is 189 Å². The number of halogens is 3. The number of carbonyl (C=O) groups is 4. The highest BCUT2D eigenvalue weighted by Gasteiger charge is 2.38. The first-order chi connectivity index (χ1) is 15.3. The summed E-state index contributed by atoms with van der Waals surface area (Å²) in [6, 6.07) is 6.80. The molecule has 0 aliphatic carbocycles. The summed E-state index contributed by atoms with van der Waals surface area (Å²) in [6.45, 7) is 8.80. The van der Waals surface area contributed by atoms with Crippen LogP contribution in [0.25, 0.3) is 0 Å². The number of hydrogen-bond acceptors (Lipinski definition) is 5. The molecule has 1 aliphatic rings. The van der Waals surface area contributed by atoms with Crippen LogP contribution in [0, 0.1) is 0 Å². The second-order valence-electron chi connectivity index (χ2n) is 7.53. The van der Waals surface area contributed by atoms with Crippen molar-refractivity contribution in [3.8, 4) is 0 Å². The summed E-state index contributed by atoms with van der Waals surface area (Å²) in [5.41, 5.74) is 1.20. The van der Waals surface area contributed by atoms with Gasteiger partial charge < -0.3 is 25.5 Å². The van der Waals surface area contributed by atoms with Crippen molar-refractivity contribution in [1.82, 2.24) is 15.1 Å². The topological polar surface area (TPSA) is 119 Å². The van der Waals surface area contributed by atoms with Gasteiger partial charge >= 0.3 is 12.1 Å². The molecule has 1 aromatic rings. The predicted octanol–water partition coefficient (Wildman–Crippen LogP) is 1.95. The molecule has 1 saturated heterocycles. The van der Waals surface area contributed by atoms with Gasteiger partial charge in [0.1, 0.15) is 0 Å². The lowest BCUT2D eigenvalue weighted by molar-refractivity contribution is -0.192. The van der Waals surface area contributed by atoms with E-state index in [0.29, 0.717) is 24.2 Å². The van der Waals surface area contributed by atoms with Gasteiger partial charge in [-0.05, 0) is 38.1 Å². The van der Waals surface area contributed by atoms with Crippen LogP contribution in [0.5, 0.6) is 0 Å². The minimum atomic E-state index is -5.08. The van der Waals surface area contributed by atoms with Crippen LogP contribution in [0.4, 0.5) is 18.9 Å². The van der Waals surface area contributed by atoms with E-state index in [4.69, 9.17) is 9.90 Å². The number of carboxylic acid groups (broad SMARTS) is 1. The summed E-state index contributed by atoms with van der Waals surface area (Å²) in [5, 5.41) is 13.0. The van der Waals surface area contributed by atoms with Crippen LogP contribution in [-0.2, 0) is 14.4 Å². The molecule has 1 aromatic carbocycles. The molecule has 0 spiro atoms. The Morgan fingerprint density at radius 2 is 1.64 bits per heavy atom. The van der Waals surface area contributed by atoms with Crippen LogP contribution in [0.2, 0.25) is 0 Å². The van der Waals surface area contributed by atoms with Gasteiger partial charge in [0.2, 0.25) is 11.8 Å². The molecule has 0 atom stereocenters. The third kappa shape index (κ3) is 9.89. The fraction of sp³-hybridized carbons (Fsp3) is 0.524. The fourth-order valence-corrected chi connectivity index (χ4v) is 2.95. The largest absolute Gasteiger partial charge is 0.490 e. The van der Waals surface area contributed by atoms with E-state index in [1.54, 1.807) is 29.2 Å². The summed E-state index contributed by atoms with van der Waals surface area (Å²) >= 11 is 0. The van der Waals surface area contributed by atoms with Crippen LogP contribution < -0.4 is 10.6 Å². The summed E-state index contributed by atoms with van der Waals surface area (Å²) < 4.78 is 31.7. The monoisotopic (exact) mass is 474 g/mol. The zero-order valence-electron chi connectivity index (χ0n) is 18.7. The molecule has 33 heavy (non-hydrogen) atoms. The number of aliphatic carboxylic acids is 1. The molecule has 3 amide bonds. The Morgan fingerprint density at radius 1 is 1.12 bits per heavy atom. The van der Waals surface area contributed by atoms with Gasteiger partial charge in [-0.2, -0.15) is 13.2 Å². The lowest BCUT2D eigenvalue weighted by atomic mass is 10.1. The van der Waals surface area contributed by atoms with Crippen LogP contribution in [0.15, 0.2) is 24.3 Å². The van der Waals surface area contributed by atoms with Gasteiger partial charge in [-0.1, -0.05) is 0 Å². The van der Waals surface area contributed by atoms with Gasteiger partial charge in [0.15, 0.2) is 0 Å². The molecule has 0 unspecified atom stereocenters. The Bertz CT molecular complexity index is 822. The van der Waals surface area contributed by atoms with E-state index in [9.17, 15) is 27.6 Å². The van der Waals surface area contributed by atoms with Gasteiger partial charge in [-0.3, -0.25) is 14.4 Å². The van der Waals surface area contributed by atoms with Gasteiger partial charge in [0.25, 0.3) is 5.91 Å². The van der Waals surface area contributed by atoms with E-state index in [-0.39, 0.29) is 23.8 Å². The van der Waals surface area contributed by atoms with Crippen LogP contribution in [0.3, 0.4) is 0 Å². The number of amides is 3. The summed E-state index contributed by atoms with van der Waals surface area (Å²) in [6.07, 6.45) is -4.76. The quantitative estimate of drug-likeness (QED) is 0.580. The van der Waals surface area contributed by atoms with Crippen LogP contribution in [-0.4, -0.2) is 83.5 Å². The molecule has 184 valence electrons. The number of benzene rings is 1. The average Bonchev–Trinajstić information content (AvgIpc) is 2.74. The first-order valence-electron chi connectivity index (χ1n) is 10.3. The van der Waals surface area contributed by atoms with Crippen LogP contribution >= 0.6 is 0 Å². The lowest BCUT2D eigenvalue weighted by Crippen LogP contribution is -2.47. The number of hydrogen-bond donors (Lipinski definition) is 3. The maximum absolute atomic E-state index is 12.8. The molecule has 0 aromatic heterocycles. The summed E-state index contributed by atoms with van der Waals surface area (Å²) in [5.74, 6) is -2.93. The maximum atomic E-state index is 12.8. The zero-order valence-corrected chi connectivity index (χ0v) is 18.7. The second-order valence-corrected chi connectivity index (χ2v) is 7.53. The van der Waals surface area contributed by atoms with Crippen molar-refractivity contribution < 1.29 is 37.5 Å². The SMILES string of the molecule is CC(=O)Nc1ccc(C(=O)N(CCC(=O)N2CCNCC2)C(C)C)cc1.O=C(O)C(F)(F)F. The Balaban J connectivity index is 0.000000675. The van der Waals surface area contributed by atoms with Crippen molar-refractivity contribution >= 4 is 29.4 Å². The number of rotatable bonds is 6. The Hall–Kier alpha value is -3.15. The minimum Gasteiger partial charge on any atom is -0.475 e. The highest BCUT2D eigenvalue weighted by Crippen LogP contribution is 2.14. The first-order valence-corrected chi connectivity index (χ1v) is 10.3. The van der Waals surface area contributed by atoms with E-state index < -0.39 is 12.1 Å². The number of carbonyl (C=O) groups excluding carboxylic acids is 3. The molecule has 0 bridgehead atoms. The van der Waals surface area contributed by atoms with Gasteiger partial charge in [-0.25, -0.2) is 4.79 Å². The minimum absolute atomic E-state index is 0.00616. The van der Waals surface area contributed by atoms with E-state index in [0.717, 1.165) is 26.2 Å². The average molecular weight is 474 g/mol. The number of anilines is 1. The molecule has 3 N–H and O–H groups in total. The molecular weight excluding hydrogens is 445 g/mol. The van der Waals surface area contributed by atoms with Crippen molar-refractivity contribution in [2.75, 3.05) is 38.0 Å². The lowest BCUT2D eigenvalue weighted by Gasteiger charge is -2.30. The van der Waals surface area contributed by atoms with Crippen molar-refractivity contribution in [3.63, 3.8) is 0 Å². The molecule has 9 nitrogen and oxygen atoms in total. The van der Waals surface area contributed by atoms with Crippen molar-refractivity contribution in [3.05, 3.63) is 29.8 Å². The number of piperazine rings is 1. The normalized spacial score (nSPS) is 13.6. The predicted molar refractivity (Wildman–Crippen MR) is 115 cm³/mol. The maximum Gasteiger partial charge on any atom is 0.490 e. The molecular formula is C21H29F3N4O5. The van der Waals surface area contributed by atoms with Crippen molar-refractivity contribution in [2.24, 2.45) is 0 Å². The highest BCUT2D eigenvalue weighted by atomic mass is 19.4. The molecule has 12 heteroatoms. The van der Waals surface area contributed by atoms with Gasteiger partial charge in [0.05, 0.1) is 0 Å². The fourth-order valence-electron chi connectivity index (χ4n) is 2.95. The van der Waals surface area contributed by atoms with E-state index in [1.165, 1.54) is 6.92 Å². The van der Waals surface area contributed by atoms with E-state index in [1.807, 2.05) is 18.7 Å². The standard InChI is InChI=1S/C19H28N4O3.C2HF3O2/c1-14(2)23(11-8-18(25)22-12-9-20-10-13-22)19(26)16-4-6-17(7-5-16)21-15(3)24;3-2(4,5)1(6)7/h4-7,14,20H,8-13H2,1-3H3,(H,21,24);(H,6,7). The first kappa shape index (κ1) is 27.9. The third-order valence-corrected chi connectivity index (χ3v) is 4.62. The van der Waals surface area contributed by atoms with Crippen molar-refractivity contribution in [2.45, 2.75) is 39.4 Å².